The number of hydrogen-bond acceptors (Lipinski definition) is 3. The normalized spacial score (nSPS) is 12.9. The molecule has 0 aliphatic heterocycles. The van der Waals surface area contributed by atoms with Gasteiger partial charge in [-0.25, -0.2) is 0 Å². The minimum atomic E-state index is 0.413. The van der Waals surface area contributed by atoms with Crippen molar-refractivity contribution in [2.75, 3.05) is 19.8 Å². The molecule has 0 saturated heterocycles. The van der Waals surface area contributed by atoms with Gasteiger partial charge in [-0.1, -0.05) is 13.8 Å². The molecule has 0 spiro atoms. The van der Waals surface area contributed by atoms with Crippen LogP contribution in [0.3, 0.4) is 0 Å². The van der Waals surface area contributed by atoms with Crippen LogP contribution in [0.2, 0.25) is 0 Å². The summed E-state index contributed by atoms with van der Waals surface area (Å²) in [4.78, 5) is 0. The summed E-state index contributed by atoms with van der Waals surface area (Å²) in [5, 5.41) is 8.16. The molecule has 1 aromatic rings. The second-order valence-corrected chi connectivity index (χ2v) is 4.52. The summed E-state index contributed by atoms with van der Waals surface area (Å²) >= 11 is 0. The number of nitrogens with one attached hydrogen (secondary N) is 1. The molecular formula is C14H27N3O. The molecule has 104 valence electrons. The van der Waals surface area contributed by atoms with Gasteiger partial charge in [0.1, 0.15) is 0 Å². The van der Waals surface area contributed by atoms with Crippen molar-refractivity contribution in [2.45, 2.75) is 53.6 Å². The Hall–Kier alpha value is -0.870. The Kier molecular flexibility index (Phi) is 6.36. The monoisotopic (exact) mass is 253 g/mol. The summed E-state index contributed by atoms with van der Waals surface area (Å²) in [5.74, 6) is 0. The van der Waals surface area contributed by atoms with Gasteiger partial charge in [-0.3, -0.25) is 4.68 Å². The first-order chi connectivity index (χ1) is 8.65. The van der Waals surface area contributed by atoms with E-state index in [-0.39, 0.29) is 0 Å². The van der Waals surface area contributed by atoms with Gasteiger partial charge in [-0.2, -0.15) is 5.10 Å². The predicted octanol–water partition coefficient (Wildman–Crippen LogP) is 2.60. The van der Waals surface area contributed by atoms with Gasteiger partial charge in [0.15, 0.2) is 0 Å². The van der Waals surface area contributed by atoms with Gasteiger partial charge in [0, 0.05) is 23.9 Å². The third-order valence-electron chi connectivity index (χ3n) is 3.30. The minimum absolute atomic E-state index is 0.413. The molecule has 0 aromatic carbocycles. The lowest BCUT2D eigenvalue weighted by atomic mass is 10.0. The Bertz CT molecular complexity index is 360. The molecule has 0 aliphatic carbocycles. The third kappa shape index (κ3) is 3.56. The van der Waals surface area contributed by atoms with E-state index in [0.29, 0.717) is 6.04 Å². The number of aromatic nitrogens is 2. The van der Waals surface area contributed by atoms with Gasteiger partial charge < -0.3 is 10.1 Å². The molecule has 1 N–H and O–H groups in total. The van der Waals surface area contributed by atoms with Crippen molar-refractivity contribution in [1.82, 2.24) is 15.1 Å². The van der Waals surface area contributed by atoms with Gasteiger partial charge in [-0.15, -0.1) is 0 Å². The average molecular weight is 253 g/mol. The summed E-state index contributed by atoms with van der Waals surface area (Å²) in [7, 11) is 0. The molecule has 4 heteroatoms. The Morgan fingerprint density at radius 1 is 1.28 bits per heavy atom. The minimum Gasteiger partial charge on any atom is -0.380 e. The van der Waals surface area contributed by atoms with E-state index in [0.717, 1.165) is 38.4 Å². The summed E-state index contributed by atoms with van der Waals surface area (Å²) in [6.07, 6.45) is 1.09. The Morgan fingerprint density at radius 2 is 2.00 bits per heavy atom. The van der Waals surface area contributed by atoms with Crippen LogP contribution in [0.25, 0.3) is 0 Å². The molecule has 1 aromatic heterocycles. The zero-order valence-corrected chi connectivity index (χ0v) is 12.4. The van der Waals surface area contributed by atoms with Gasteiger partial charge in [-0.05, 0) is 33.7 Å². The van der Waals surface area contributed by atoms with Crippen LogP contribution in [0.5, 0.6) is 0 Å². The molecule has 0 fully saturated rings. The first-order valence-corrected chi connectivity index (χ1v) is 7.00. The topological polar surface area (TPSA) is 39.1 Å². The van der Waals surface area contributed by atoms with Crippen LogP contribution in [0.4, 0.5) is 0 Å². The maximum atomic E-state index is 5.40. The molecular weight excluding hydrogens is 226 g/mol. The smallest absolute Gasteiger partial charge is 0.0662 e. The number of rotatable bonds is 8. The van der Waals surface area contributed by atoms with Gasteiger partial charge in [0.05, 0.1) is 18.8 Å². The van der Waals surface area contributed by atoms with Crippen LogP contribution in [0, 0.1) is 13.8 Å². The highest BCUT2D eigenvalue weighted by Gasteiger charge is 2.18. The Balaban J connectivity index is 2.85. The highest BCUT2D eigenvalue weighted by atomic mass is 16.5. The lowest BCUT2D eigenvalue weighted by Gasteiger charge is -2.16. The first-order valence-electron chi connectivity index (χ1n) is 7.00. The molecule has 0 aliphatic rings. The zero-order chi connectivity index (χ0) is 13.5. The van der Waals surface area contributed by atoms with Crippen LogP contribution < -0.4 is 5.32 Å². The molecule has 0 saturated carbocycles. The van der Waals surface area contributed by atoms with Crippen molar-refractivity contribution in [3.63, 3.8) is 0 Å². The molecule has 0 radical (unpaired) electrons. The van der Waals surface area contributed by atoms with Gasteiger partial charge in [0.2, 0.25) is 0 Å². The van der Waals surface area contributed by atoms with Crippen molar-refractivity contribution < 1.29 is 4.74 Å². The van der Waals surface area contributed by atoms with E-state index in [4.69, 9.17) is 4.74 Å². The zero-order valence-electron chi connectivity index (χ0n) is 12.4. The fraction of sp³-hybridized carbons (Fsp3) is 0.786. The van der Waals surface area contributed by atoms with E-state index in [1.807, 2.05) is 6.92 Å². The lowest BCUT2D eigenvalue weighted by Crippen LogP contribution is -2.21. The fourth-order valence-corrected chi connectivity index (χ4v) is 2.43. The second-order valence-electron chi connectivity index (χ2n) is 4.52. The average Bonchev–Trinajstić information content (AvgIpc) is 2.63. The van der Waals surface area contributed by atoms with Gasteiger partial charge >= 0.3 is 0 Å². The maximum absolute atomic E-state index is 5.40. The largest absolute Gasteiger partial charge is 0.380 e. The highest BCUT2D eigenvalue weighted by molar-refractivity contribution is 5.28. The number of ether oxygens (including phenoxy) is 1. The van der Waals surface area contributed by atoms with E-state index < -0.39 is 0 Å². The molecule has 0 amide bonds. The van der Waals surface area contributed by atoms with E-state index in [1.54, 1.807) is 0 Å². The van der Waals surface area contributed by atoms with E-state index in [1.165, 1.54) is 11.3 Å². The Labute approximate surface area is 111 Å². The predicted molar refractivity (Wildman–Crippen MR) is 74.9 cm³/mol. The molecule has 4 nitrogen and oxygen atoms in total. The quantitative estimate of drug-likeness (QED) is 0.724. The number of hydrogen-bond donors (Lipinski definition) is 1. The van der Waals surface area contributed by atoms with E-state index >= 15 is 0 Å². The fourth-order valence-electron chi connectivity index (χ4n) is 2.43. The standard InChI is InChI=1S/C14H27N3O/c1-6-13(15-7-2)14-11(4)16-17(12(14)5)9-10-18-8-3/h13,15H,6-10H2,1-5H3. The van der Waals surface area contributed by atoms with Crippen LogP contribution in [-0.2, 0) is 11.3 Å². The summed E-state index contributed by atoms with van der Waals surface area (Å²) in [6.45, 7) is 13.9. The third-order valence-corrected chi connectivity index (χ3v) is 3.30. The van der Waals surface area contributed by atoms with Crippen molar-refractivity contribution in [1.29, 1.82) is 0 Å². The van der Waals surface area contributed by atoms with Crippen molar-refractivity contribution in [3.05, 3.63) is 17.0 Å². The summed E-state index contributed by atoms with van der Waals surface area (Å²) < 4.78 is 7.47. The van der Waals surface area contributed by atoms with E-state index in [9.17, 15) is 0 Å². The SMILES string of the molecule is CCNC(CC)c1c(C)nn(CCOCC)c1C. The molecule has 1 rings (SSSR count). The summed E-state index contributed by atoms with van der Waals surface area (Å²) in [6, 6.07) is 0.413. The maximum Gasteiger partial charge on any atom is 0.0662 e. The van der Waals surface area contributed by atoms with Crippen molar-refractivity contribution in [2.24, 2.45) is 0 Å². The number of aryl methyl sites for hydroxylation is 1. The van der Waals surface area contributed by atoms with Crippen LogP contribution in [0.15, 0.2) is 0 Å². The van der Waals surface area contributed by atoms with Crippen LogP contribution >= 0.6 is 0 Å². The second kappa shape index (κ2) is 7.54. The van der Waals surface area contributed by atoms with Crippen LogP contribution in [0.1, 0.15) is 50.2 Å². The molecule has 1 atom stereocenters. The van der Waals surface area contributed by atoms with Gasteiger partial charge in [0.25, 0.3) is 0 Å². The first kappa shape index (κ1) is 15.2. The van der Waals surface area contributed by atoms with E-state index in [2.05, 4.69) is 42.8 Å². The highest BCUT2D eigenvalue weighted by Crippen LogP contribution is 2.23. The van der Waals surface area contributed by atoms with Crippen LogP contribution in [-0.4, -0.2) is 29.5 Å². The number of nitrogens with zero attached hydrogens (tertiary/aromatic N) is 2. The Morgan fingerprint density at radius 3 is 2.56 bits per heavy atom. The van der Waals surface area contributed by atoms with Crippen molar-refractivity contribution >= 4 is 0 Å². The molecule has 18 heavy (non-hydrogen) atoms. The molecule has 0 bridgehead atoms. The summed E-state index contributed by atoms with van der Waals surface area (Å²) in [5.41, 5.74) is 3.76. The molecule has 1 heterocycles. The molecule has 1 unspecified atom stereocenters. The lowest BCUT2D eigenvalue weighted by molar-refractivity contribution is 0.135. The van der Waals surface area contributed by atoms with Crippen molar-refractivity contribution in [3.8, 4) is 0 Å².